The van der Waals surface area contributed by atoms with E-state index in [-0.39, 0.29) is 36.0 Å². The molecule has 4 rings (SSSR count). The number of rotatable bonds is 12. The summed E-state index contributed by atoms with van der Waals surface area (Å²) in [5.74, 6) is -1.04. The topological polar surface area (TPSA) is 192 Å². The van der Waals surface area contributed by atoms with Crippen LogP contribution in [0.3, 0.4) is 0 Å². The molecule has 0 aromatic carbocycles. The molecular weight excluding hydrogens is 491 g/mol. The fourth-order valence-electron chi connectivity index (χ4n) is 4.18. The number of hydrogen-bond acceptors (Lipinski definition) is 10. The number of fused-ring (bicyclic) bond motifs is 1. The Morgan fingerprint density at radius 3 is 2.94 bits per heavy atom. The summed E-state index contributed by atoms with van der Waals surface area (Å²) in [6, 6.07) is 0. The third kappa shape index (κ3) is 5.78. The maximum absolute atomic E-state index is 12.7. The van der Waals surface area contributed by atoms with E-state index in [1.807, 2.05) is 0 Å². The summed E-state index contributed by atoms with van der Waals surface area (Å²) < 4.78 is 26.7. The van der Waals surface area contributed by atoms with Gasteiger partial charge in [0.25, 0.3) is 5.56 Å². The number of H-pyrrole nitrogens is 1. The van der Waals surface area contributed by atoms with Crippen LogP contribution in [-0.2, 0) is 18.6 Å². The fraction of sp³-hybridized carbons (Fsp3) is 0.571. The minimum absolute atomic E-state index is 0.0317. The third-order valence-corrected chi connectivity index (χ3v) is 7.03. The van der Waals surface area contributed by atoms with Crippen LogP contribution in [0.2, 0.25) is 0 Å². The van der Waals surface area contributed by atoms with Crippen LogP contribution in [0.5, 0.6) is 0 Å². The lowest BCUT2D eigenvalue weighted by Gasteiger charge is -2.19. The Morgan fingerprint density at radius 1 is 1.36 bits per heavy atom. The van der Waals surface area contributed by atoms with Crippen LogP contribution < -0.4 is 16.6 Å². The highest BCUT2D eigenvalue weighted by molar-refractivity contribution is 7.37. The van der Waals surface area contributed by atoms with E-state index in [2.05, 4.69) is 32.2 Å². The van der Waals surface area contributed by atoms with E-state index in [4.69, 9.17) is 15.0 Å². The molecule has 0 radical (unpaired) electrons. The Morgan fingerprint density at radius 2 is 2.19 bits per heavy atom. The van der Waals surface area contributed by atoms with Gasteiger partial charge in [0.2, 0.25) is 11.9 Å². The summed E-state index contributed by atoms with van der Waals surface area (Å²) in [5, 5.41) is 14.1. The molecule has 14 nitrogen and oxygen atoms in total. The maximum Gasteiger partial charge on any atom is 0.651 e. The van der Waals surface area contributed by atoms with Crippen molar-refractivity contribution in [2.45, 2.75) is 57.5 Å². The number of hydrogen-bond donors (Lipinski definition) is 4. The van der Waals surface area contributed by atoms with Gasteiger partial charge in [-0.1, -0.05) is 26.2 Å². The fourth-order valence-corrected chi connectivity index (χ4v) is 4.90. The first kappa shape index (κ1) is 25.9. The van der Waals surface area contributed by atoms with Crippen molar-refractivity contribution in [3.05, 3.63) is 35.4 Å². The van der Waals surface area contributed by atoms with E-state index >= 15 is 0 Å². The molecule has 15 heteroatoms. The number of nitrogens with two attached hydrogens (primary N) is 1. The Bertz CT molecular complexity index is 1240. The molecule has 5 atom stereocenters. The predicted molar refractivity (Wildman–Crippen MR) is 129 cm³/mol. The number of ether oxygens (including phenoxy) is 1. The van der Waals surface area contributed by atoms with E-state index in [0.29, 0.717) is 6.54 Å². The van der Waals surface area contributed by atoms with Crippen molar-refractivity contribution in [1.29, 1.82) is 0 Å². The van der Waals surface area contributed by atoms with E-state index in [9.17, 15) is 19.3 Å². The Hall–Kier alpha value is -3.19. The quantitative estimate of drug-likeness (QED) is 0.198. The highest BCUT2D eigenvalue weighted by Crippen LogP contribution is 2.38. The Balaban J connectivity index is 1.51. The first-order valence-corrected chi connectivity index (χ1v) is 12.9. The molecule has 1 saturated heterocycles. The van der Waals surface area contributed by atoms with Gasteiger partial charge in [0, 0.05) is 25.1 Å². The Labute approximate surface area is 207 Å². The van der Waals surface area contributed by atoms with Crippen molar-refractivity contribution in [1.82, 2.24) is 34.2 Å². The van der Waals surface area contributed by atoms with Crippen molar-refractivity contribution in [3.8, 4) is 0 Å². The average Bonchev–Trinajstić information content (AvgIpc) is 3.58. The van der Waals surface area contributed by atoms with Gasteiger partial charge in [0.15, 0.2) is 17.4 Å². The van der Waals surface area contributed by atoms with E-state index in [1.165, 1.54) is 34.0 Å². The highest BCUT2D eigenvalue weighted by Gasteiger charge is 2.47. The molecule has 1 amide bonds. The average molecular weight is 521 g/mol. The van der Waals surface area contributed by atoms with Crippen molar-refractivity contribution in [2.75, 3.05) is 18.9 Å². The second kappa shape index (κ2) is 11.7. The molecule has 1 aliphatic rings. The van der Waals surface area contributed by atoms with Gasteiger partial charge in [-0.3, -0.25) is 19.1 Å². The maximum atomic E-state index is 12.7. The number of nitrogens with one attached hydrogen (secondary N) is 2. The van der Waals surface area contributed by atoms with Gasteiger partial charge in [-0.15, -0.1) is 8.86 Å². The molecule has 4 heterocycles. The lowest BCUT2D eigenvalue weighted by atomic mass is 9.94. The molecule has 1 fully saturated rings. The van der Waals surface area contributed by atoms with Gasteiger partial charge in [0.05, 0.1) is 18.6 Å². The van der Waals surface area contributed by atoms with Crippen LogP contribution in [0.15, 0.2) is 29.8 Å². The van der Waals surface area contributed by atoms with Gasteiger partial charge in [-0.2, -0.15) is 4.98 Å². The van der Waals surface area contributed by atoms with Gasteiger partial charge in [0.1, 0.15) is 19.0 Å². The standard InChI is InChI=1S/C21H29N8O6P/c1-2-3-4-5-6-24-15(30)9-13-14(10-34-36(33)28-8-7-23-11-28)35-20(17(13)31)29-12-25-16-18(29)26-21(22)27-19(16)32/h7-8,11-14,17,20,31H,2-6,9-10H2,1H3,(H3-,22,24,26,27,30,32)/p+1/t13-,14-,17-,20-/m1/s1. The number of aromatic nitrogens is 6. The van der Waals surface area contributed by atoms with Crippen LogP contribution in [0.25, 0.3) is 11.2 Å². The summed E-state index contributed by atoms with van der Waals surface area (Å²) in [6.07, 6.45) is 6.73. The minimum Gasteiger partial charge on any atom is -0.388 e. The molecule has 1 unspecified atom stereocenters. The smallest absolute Gasteiger partial charge is 0.388 e. The summed E-state index contributed by atoms with van der Waals surface area (Å²) >= 11 is 0. The van der Waals surface area contributed by atoms with E-state index < -0.39 is 38.1 Å². The monoisotopic (exact) mass is 521 g/mol. The number of nitrogen functional groups attached to an aromatic ring is 1. The molecule has 3 aromatic rings. The zero-order chi connectivity index (χ0) is 25.7. The molecule has 3 aromatic heterocycles. The number of anilines is 1. The number of aliphatic hydroxyl groups excluding tert-OH is 1. The molecule has 0 spiro atoms. The number of amides is 1. The van der Waals surface area contributed by atoms with E-state index in [1.54, 1.807) is 0 Å². The second-order valence-corrected chi connectivity index (χ2v) is 9.78. The molecule has 0 aliphatic carbocycles. The number of carbonyl (C=O) groups is 1. The van der Waals surface area contributed by atoms with E-state index in [0.717, 1.165) is 25.7 Å². The lowest BCUT2D eigenvalue weighted by molar-refractivity contribution is -0.123. The summed E-state index contributed by atoms with van der Waals surface area (Å²) in [7, 11) is -2.27. The first-order valence-electron chi connectivity index (χ1n) is 11.8. The molecule has 1 aliphatic heterocycles. The molecule has 0 saturated carbocycles. The Kier molecular flexibility index (Phi) is 8.41. The first-order chi connectivity index (χ1) is 17.4. The summed E-state index contributed by atoms with van der Waals surface area (Å²) in [5.41, 5.74) is 5.32. The van der Waals surface area contributed by atoms with Gasteiger partial charge in [-0.05, 0) is 11.0 Å². The number of aromatic amines is 1. The zero-order valence-electron chi connectivity index (χ0n) is 19.8. The van der Waals surface area contributed by atoms with Crippen LogP contribution in [0, 0.1) is 5.92 Å². The number of nitrogens with zero attached hydrogens (tertiary/aromatic N) is 5. The van der Waals surface area contributed by atoms with Crippen LogP contribution in [0.4, 0.5) is 5.95 Å². The normalized spacial score (nSPS) is 22.2. The number of aliphatic hydroxyl groups is 1. The number of imidazole rings is 2. The van der Waals surface area contributed by atoms with Crippen molar-refractivity contribution in [2.24, 2.45) is 5.92 Å². The molecular formula is C21H30N8O6P+. The van der Waals surface area contributed by atoms with Crippen LogP contribution in [-0.4, -0.2) is 65.2 Å². The van der Waals surface area contributed by atoms with Crippen molar-refractivity contribution >= 4 is 31.2 Å². The summed E-state index contributed by atoms with van der Waals surface area (Å²) in [4.78, 5) is 39.2. The highest BCUT2D eigenvalue weighted by atomic mass is 31.1. The summed E-state index contributed by atoms with van der Waals surface area (Å²) in [6.45, 7) is 2.50. The number of carbonyl (C=O) groups excluding carboxylic acids is 1. The van der Waals surface area contributed by atoms with Crippen LogP contribution >= 0.6 is 8.18 Å². The van der Waals surface area contributed by atoms with Crippen molar-refractivity contribution < 1.29 is 23.7 Å². The van der Waals surface area contributed by atoms with Crippen molar-refractivity contribution in [3.63, 3.8) is 0 Å². The third-order valence-electron chi connectivity index (χ3n) is 6.05. The van der Waals surface area contributed by atoms with Gasteiger partial charge < -0.3 is 20.9 Å². The van der Waals surface area contributed by atoms with Gasteiger partial charge in [-0.25, -0.2) is 9.97 Å². The SMILES string of the molecule is CCCCCCNC(=O)C[C@H]1[C@@H](O)[C@H](n2cnc3c(=O)[nH]c(N)nc32)O[C@@H]1CO[P+](=O)n1ccnc1. The second-order valence-electron chi connectivity index (χ2n) is 8.59. The molecule has 0 bridgehead atoms. The minimum atomic E-state index is -2.27. The predicted octanol–water partition coefficient (Wildman–Crippen LogP) is 1.08. The lowest BCUT2D eigenvalue weighted by Crippen LogP contribution is -2.35. The zero-order valence-corrected chi connectivity index (χ0v) is 20.7. The van der Waals surface area contributed by atoms with Crippen LogP contribution in [0.1, 0.15) is 45.3 Å². The largest absolute Gasteiger partial charge is 0.651 e. The number of unbranched alkanes of at least 4 members (excludes halogenated alkanes) is 3. The molecule has 5 N–H and O–H groups in total. The van der Waals surface area contributed by atoms with Gasteiger partial charge >= 0.3 is 8.18 Å². The molecule has 194 valence electrons. The molecule has 36 heavy (non-hydrogen) atoms.